The van der Waals surface area contributed by atoms with Gasteiger partial charge in [-0.1, -0.05) is 28.1 Å². The molecule has 0 heterocycles. The zero-order chi connectivity index (χ0) is 13.8. The molecule has 0 aliphatic rings. The second-order valence-corrected chi connectivity index (χ2v) is 5.21. The topological polar surface area (TPSA) is 20.3 Å². The summed E-state index contributed by atoms with van der Waals surface area (Å²) in [7, 11) is 1.70. The minimum absolute atomic E-state index is 0.0863. The number of carbonyl (C=O) groups is 1. The Balaban J connectivity index is 2.09. The Morgan fingerprint density at radius 1 is 1.21 bits per heavy atom. The average molecular weight is 322 g/mol. The van der Waals surface area contributed by atoms with Crippen molar-refractivity contribution in [1.82, 2.24) is 4.90 Å². The first-order valence-corrected chi connectivity index (χ1v) is 6.61. The van der Waals surface area contributed by atoms with Gasteiger partial charge in [0.2, 0.25) is 0 Å². The summed E-state index contributed by atoms with van der Waals surface area (Å²) in [5.74, 6) is -0.376. The van der Waals surface area contributed by atoms with Crippen molar-refractivity contribution in [3.8, 4) is 0 Å². The molecule has 0 N–H and O–H groups in total. The largest absolute Gasteiger partial charge is 0.337 e. The van der Waals surface area contributed by atoms with Crippen molar-refractivity contribution in [3.05, 3.63) is 69.9 Å². The molecule has 98 valence electrons. The van der Waals surface area contributed by atoms with Crippen molar-refractivity contribution in [2.45, 2.75) is 6.54 Å². The van der Waals surface area contributed by atoms with E-state index in [-0.39, 0.29) is 11.7 Å². The van der Waals surface area contributed by atoms with Gasteiger partial charge in [0.25, 0.3) is 5.91 Å². The Morgan fingerprint density at radius 2 is 1.89 bits per heavy atom. The van der Waals surface area contributed by atoms with Gasteiger partial charge in [0.1, 0.15) is 5.82 Å². The van der Waals surface area contributed by atoms with Gasteiger partial charge >= 0.3 is 0 Å². The summed E-state index contributed by atoms with van der Waals surface area (Å²) in [4.78, 5) is 13.7. The fourth-order valence-corrected chi connectivity index (χ4v) is 2.06. The molecule has 0 atom stereocenters. The molecule has 4 heteroatoms. The lowest BCUT2D eigenvalue weighted by Crippen LogP contribution is -2.26. The van der Waals surface area contributed by atoms with Gasteiger partial charge in [-0.2, -0.15) is 0 Å². The first-order chi connectivity index (χ1) is 9.06. The highest BCUT2D eigenvalue weighted by atomic mass is 79.9. The summed E-state index contributed by atoms with van der Waals surface area (Å²) in [6, 6.07) is 13.4. The molecule has 0 fully saturated rings. The molecule has 2 nitrogen and oxygen atoms in total. The van der Waals surface area contributed by atoms with Crippen molar-refractivity contribution < 1.29 is 9.18 Å². The van der Waals surface area contributed by atoms with E-state index in [9.17, 15) is 9.18 Å². The third kappa shape index (κ3) is 3.64. The van der Waals surface area contributed by atoms with Crippen LogP contribution in [-0.4, -0.2) is 17.9 Å². The Bertz CT molecular complexity index is 583. The molecule has 0 aromatic heterocycles. The fraction of sp³-hybridized carbons (Fsp3) is 0.133. The lowest BCUT2D eigenvalue weighted by molar-refractivity contribution is 0.0785. The third-order valence-corrected chi connectivity index (χ3v) is 3.28. The molecule has 0 saturated heterocycles. The van der Waals surface area contributed by atoms with Crippen molar-refractivity contribution in [1.29, 1.82) is 0 Å². The van der Waals surface area contributed by atoms with Crippen LogP contribution in [0, 0.1) is 5.82 Å². The van der Waals surface area contributed by atoms with Crippen LogP contribution < -0.4 is 0 Å². The summed E-state index contributed by atoms with van der Waals surface area (Å²) in [6.07, 6.45) is 0. The molecule has 2 aromatic rings. The first-order valence-electron chi connectivity index (χ1n) is 5.82. The quantitative estimate of drug-likeness (QED) is 0.840. The summed E-state index contributed by atoms with van der Waals surface area (Å²) < 4.78 is 14.0. The second-order valence-electron chi connectivity index (χ2n) is 4.30. The summed E-state index contributed by atoms with van der Waals surface area (Å²) >= 11 is 3.33. The molecule has 19 heavy (non-hydrogen) atoms. The van der Waals surface area contributed by atoms with Crippen LogP contribution in [0.25, 0.3) is 0 Å². The van der Waals surface area contributed by atoms with Gasteiger partial charge in [-0.3, -0.25) is 4.79 Å². The Labute approximate surface area is 120 Å². The maximum atomic E-state index is 13.1. The molecule has 0 radical (unpaired) electrons. The SMILES string of the molecule is CN(Cc1cccc(F)c1)C(=O)c1ccc(Br)cc1. The molecule has 0 aliphatic heterocycles. The van der Waals surface area contributed by atoms with Crippen LogP contribution in [0.2, 0.25) is 0 Å². The summed E-state index contributed by atoms with van der Waals surface area (Å²) in [5, 5.41) is 0. The maximum Gasteiger partial charge on any atom is 0.253 e. The Morgan fingerprint density at radius 3 is 2.53 bits per heavy atom. The standard InChI is InChI=1S/C15H13BrFNO/c1-18(10-11-3-2-4-14(17)9-11)15(19)12-5-7-13(16)8-6-12/h2-9H,10H2,1H3. The van der Waals surface area contributed by atoms with Crippen molar-refractivity contribution in [3.63, 3.8) is 0 Å². The Hall–Kier alpha value is -1.68. The van der Waals surface area contributed by atoms with E-state index in [1.165, 1.54) is 12.1 Å². The van der Waals surface area contributed by atoms with Crippen LogP contribution in [0.5, 0.6) is 0 Å². The van der Waals surface area contributed by atoms with Crippen molar-refractivity contribution in [2.75, 3.05) is 7.05 Å². The van der Waals surface area contributed by atoms with Gasteiger partial charge in [0.05, 0.1) is 0 Å². The summed E-state index contributed by atoms with van der Waals surface area (Å²) in [6.45, 7) is 0.382. The molecule has 1 amide bonds. The predicted molar refractivity (Wildman–Crippen MR) is 76.3 cm³/mol. The second kappa shape index (κ2) is 5.97. The van der Waals surface area contributed by atoms with Crippen molar-refractivity contribution in [2.24, 2.45) is 0 Å². The number of hydrogen-bond acceptors (Lipinski definition) is 1. The van der Waals surface area contributed by atoms with E-state index in [1.807, 2.05) is 12.1 Å². The normalized spacial score (nSPS) is 10.3. The van der Waals surface area contributed by atoms with Crippen LogP contribution >= 0.6 is 15.9 Å². The maximum absolute atomic E-state index is 13.1. The molecule has 2 aromatic carbocycles. The fourth-order valence-electron chi connectivity index (χ4n) is 1.79. The number of halogens is 2. The van der Waals surface area contributed by atoms with E-state index in [0.717, 1.165) is 10.0 Å². The zero-order valence-electron chi connectivity index (χ0n) is 10.4. The number of carbonyl (C=O) groups excluding carboxylic acids is 1. The van der Waals surface area contributed by atoms with Gasteiger partial charge in [0.15, 0.2) is 0 Å². The van der Waals surface area contributed by atoms with Gasteiger partial charge in [-0.05, 0) is 42.0 Å². The van der Waals surface area contributed by atoms with Gasteiger partial charge < -0.3 is 4.90 Å². The molecule has 0 bridgehead atoms. The summed E-state index contributed by atoms with van der Waals surface area (Å²) in [5.41, 5.74) is 1.38. The average Bonchev–Trinajstić information content (AvgIpc) is 2.39. The highest BCUT2D eigenvalue weighted by Gasteiger charge is 2.11. The van der Waals surface area contributed by atoms with E-state index in [2.05, 4.69) is 15.9 Å². The lowest BCUT2D eigenvalue weighted by atomic mass is 10.1. The lowest BCUT2D eigenvalue weighted by Gasteiger charge is -2.17. The van der Waals surface area contributed by atoms with E-state index in [4.69, 9.17) is 0 Å². The monoisotopic (exact) mass is 321 g/mol. The molecular formula is C15H13BrFNO. The zero-order valence-corrected chi connectivity index (χ0v) is 12.0. The molecule has 0 unspecified atom stereocenters. The number of benzene rings is 2. The molecule has 0 aliphatic carbocycles. The van der Waals surface area contributed by atoms with Crippen LogP contribution in [-0.2, 0) is 6.54 Å². The van der Waals surface area contributed by atoms with Crippen LogP contribution in [0.15, 0.2) is 53.0 Å². The smallest absolute Gasteiger partial charge is 0.253 e. The van der Waals surface area contributed by atoms with E-state index >= 15 is 0 Å². The van der Waals surface area contributed by atoms with Crippen LogP contribution in [0.3, 0.4) is 0 Å². The third-order valence-electron chi connectivity index (χ3n) is 2.75. The molecule has 0 spiro atoms. The van der Waals surface area contributed by atoms with Crippen LogP contribution in [0.4, 0.5) is 4.39 Å². The minimum atomic E-state index is -0.290. The van der Waals surface area contributed by atoms with Gasteiger partial charge in [-0.15, -0.1) is 0 Å². The highest BCUT2D eigenvalue weighted by Crippen LogP contribution is 2.13. The number of nitrogens with zero attached hydrogens (tertiary/aromatic N) is 1. The predicted octanol–water partition coefficient (Wildman–Crippen LogP) is 3.86. The van der Waals surface area contributed by atoms with E-state index in [1.54, 1.807) is 36.2 Å². The van der Waals surface area contributed by atoms with E-state index in [0.29, 0.717) is 12.1 Å². The number of amides is 1. The van der Waals surface area contributed by atoms with Gasteiger partial charge in [-0.25, -0.2) is 4.39 Å². The van der Waals surface area contributed by atoms with Crippen molar-refractivity contribution >= 4 is 21.8 Å². The highest BCUT2D eigenvalue weighted by molar-refractivity contribution is 9.10. The molecular weight excluding hydrogens is 309 g/mol. The first kappa shape index (κ1) is 13.7. The van der Waals surface area contributed by atoms with Crippen LogP contribution in [0.1, 0.15) is 15.9 Å². The molecule has 2 rings (SSSR count). The van der Waals surface area contributed by atoms with E-state index < -0.39 is 0 Å². The number of rotatable bonds is 3. The minimum Gasteiger partial charge on any atom is -0.337 e. The number of hydrogen-bond donors (Lipinski definition) is 0. The Kier molecular flexibility index (Phi) is 4.32. The van der Waals surface area contributed by atoms with Gasteiger partial charge in [0, 0.05) is 23.6 Å². The molecule has 0 saturated carbocycles.